The molecule has 0 atom stereocenters. The molecule has 0 spiro atoms. The number of hydrogen-bond donors (Lipinski definition) is 0. The number of aromatic nitrogens is 2. The van der Waals surface area contributed by atoms with Crippen LogP contribution in [-0.2, 0) is 34.1 Å². The van der Waals surface area contributed by atoms with Crippen LogP contribution in [0.15, 0.2) is 65.8 Å². The Morgan fingerprint density at radius 3 is 2.48 bits per heavy atom. The number of likely N-dealkylation sites (N-methyl/N-ethyl adjacent to an activating group) is 1. The molecule has 0 saturated heterocycles. The molecule has 3 aromatic carbocycles. The zero-order valence-electron chi connectivity index (χ0n) is 22.2. The molecule has 4 aromatic rings. The van der Waals surface area contributed by atoms with Gasteiger partial charge < -0.3 is 19.0 Å². The van der Waals surface area contributed by atoms with Gasteiger partial charge in [-0.05, 0) is 68.2 Å². The number of esters is 1. The van der Waals surface area contributed by atoms with Gasteiger partial charge in [-0.15, -0.1) is 0 Å². The first kappa shape index (κ1) is 26.9. The molecule has 0 radical (unpaired) electrons. The third-order valence-corrected chi connectivity index (χ3v) is 6.57. The number of anilines is 1. The standard InChI is InChI=1S/C29H27F2N5O4/c1-34(2)12-13-35-25-15-21(31)8-10-23(25)32-26(35)16-36-24-11-9-20(30)14-22(24)27(28(36)37)33-40-17-18-4-6-19(7-5-18)29(38)39-3/h4-11,14-15H,12-13,16-17H2,1-3H3. The average Bonchev–Trinajstić information content (AvgIpc) is 3.40. The second-order valence-corrected chi connectivity index (χ2v) is 9.57. The fraction of sp³-hybridized carbons (Fsp3) is 0.241. The largest absolute Gasteiger partial charge is 0.465 e. The number of carbonyl (C=O) groups excluding carboxylic acids is 2. The Kier molecular flexibility index (Phi) is 7.56. The molecular formula is C29H27F2N5O4. The van der Waals surface area contributed by atoms with Crippen LogP contribution in [0, 0.1) is 11.6 Å². The molecule has 1 aliphatic heterocycles. The summed E-state index contributed by atoms with van der Waals surface area (Å²) in [6, 6.07) is 15.0. The predicted octanol–water partition coefficient (Wildman–Crippen LogP) is 4.13. The number of fused-ring (bicyclic) bond motifs is 2. The van der Waals surface area contributed by atoms with Crippen LogP contribution in [0.4, 0.5) is 14.5 Å². The molecule has 40 heavy (non-hydrogen) atoms. The number of benzene rings is 3. The van der Waals surface area contributed by atoms with E-state index in [0.717, 1.165) is 0 Å². The molecule has 0 saturated carbocycles. The Labute approximate surface area is 229 Å². The third-order valence-electron chi connectivity index (χ3n) is 6.57. The molecule has 206 valence electrons. The lowest BCUT2D eigenvalue weighted by Gasteiger charge is -2.19. The number of halogens is 2. The van der Waals surface area contributed by atoms with Crippen molar-refractivity contribution < 1.29 is 27.9 Å². The van der Waals surface area contributed by atoms with Crippen LogP contribution in [-0.4, -0.2) is 59.8 Å². The van der Waals surface area contributed by atoms with E-state index in [1.54, 1.807) is 30.3 Å². The second kappa shape index (κ2) is 11.2. The van der Waals surface area contributed by atoms with Gasteiger partial charge in [0.05, 0.1) is 35.9 Å². The topological polar surface area (TPSA) is 89.3 Å². The number of nitrogens with zero attached hydrogens (tertiary/aromatic N) is 5. The van der Waals surface area contributed by atoms with Crippen LogP contribution in [0.5, 0.6) is 0 Å². The van der Waals surface area contributed by atoms with Gasteiger partial charge in [0.1, 0.15) is 24.1 Å². The number of oxime groups is 1. The molecule has 0 fully saturated rings. The van der Waals surface area contributed by atoms with Crippen LogP contribution in [0.1, 0.15) is 27.3 Å². The molecule has 1 aromatic heterocycles. The summed E-state index contributed by atoms with van der Waals surface area (Å²) < 4.78 is 34.9. The summed E-state index contributed by atoms with van der Waals surface area (Å²) in [4.78, 5) is 38.8. The minimum absolute atomic E-state index is 0.0226. The first-order chi connectivity index (χ1) is 19.2. The normalized spacial score (nSPS) is 13.9. The van der Waals surface area contributed by atoms with Gasteiger partial charge in [-0.25, -0.2) is 18.6 Å². The van der Waals surface area contributed by atoms with Crippen molar-refractivity contribution in [2.24, 2.45) is 5.16 Å². The highest BCUT2D eigenvalue weighted by Gasteiger charge is 2.36. The van der Waals surface area contributed by atoms with E-state index < -0.39 is 17.7 Å². The van der Waals surface area contributed by atoms with Gasteiger partial charge in [-0.3, -0.25) is 9.69 Å². The first-order valence-electron chi connectivity index (χ1n) is 12.5. The summed E-state index contributed by atoms with van der Waals surface area (Å²) in [5.74, 6) is -1.27. The van der Waals surface area contributed by atoms with E-state index >= 15 is 0 Å². The van der Waals surface area contributed by atoms with E-state index in [2.05, 4.69) is 10.1 Å². The van der Waals surface area contributed by atoms with Gasteiger partial charge in [0.25, 0.3) is 5.91 Å². The third kappa shape index (κ3) is 5.41. The fourth-order valence-electron chi connectivity index (χ4n) is 4.51. The Morgan fingerprint density at radius 1 is 1.02 bits per heavy atom. The SMILES string of the molecule is COC(=O)c1ccc(CON=C2C(=O)N(Cc3nc4ccc(F)cc4n3CCN(C)C)c3ccc(F)cc32)cc1. The Bertz CT molecular complexity index is 1610. The summed E-state index contributed by atoms with van der Waals surface area (Å²) in [5, 5.41) is 4.07. The first-order valence-corrected chi connectivity index (χ1v) is 12.5. The number of carbonyl (C=O) groups is 2. The summed E-state index contributed by atoms with van der Waals surface area (Å²) in [7, 11) is 5.17. The van der Waals surface area contributed by atoms with Crippen molar-refractivity contribution in [2.45, 2.75) is 19.7 Å². The summed E-state index contributed by atoms with van der Waals surface area (Å²) in [5.41, 5.74) is 3.06. The van der Waals surface area contributed by atoms with Crippen molar-refractivity contribution in [1.82, 2.24) is 14.5 Å². The Morgan fingerprint density at radius 2 is 1.75 bits per heavy atom. The van der Waals surface area contributed by atoms with E-state index in [0.29, 0.717) is 52.3 Å². The molecule has 1 amide bonds. The van der Waals surface area contributed by atoms with E-state index in [4.69, 9.17) is 9.57 Å². The number of imidazole rings is 1. The molecule has 0 bridgehead atoms. The van der Waals surface area contributed by atoms with Crippen molar-refractivity contribution in [1.29, 1.82) is 0 Å². The number of methoxy groups -OCH3 is 1. The van der Waals surface area contributed by atoms with E-state index in [9.17, 15) is 18.4 Å². The predicted molar refractivity (Wildman–Crippen MR) is 145 cm³/mol. The monoisotopic (exact) mass is 547 g/mol. The molecular weight excluding hydrogens is 520 g/mol. The van der Waals surface area contributed by atoms with Crippen LogP contribution in [0.2, 0.25) is 0 Å². The van der Waals surface area contributed by atoms with Crippen molar-refractivity contribution in [2.75, 3.05) is 32.6 Å². The molecule has 2 heterocycles. The zero-order chi connectivity index (χ0) is 28.4. The number of ether oxygens (including phenoxy) is 1. The van der Waals surface area contributed by atoms with Gasteiger partial charge in [-0.1, -0.05) is 17.3 Å². The lowest BCUT2D eigenvalue weighted by molar-refractivity contribution is -0.112. The minimum Gasteiger partial charge on any atom is -0.465 e. The number of rotatable bonds is 9. The summed E-state index contributed by atoms with van der Waals surface area (Å²) >= 11 is 0. The van der Waals surface area contributed by atoms with Gasteiger partial charge in [0.2, 0.25) is 0 Å². The van der Waals surface area contributed by atoms with Crippen molar-refractivity contribution in [3.63, 3.8) is 0 Å². The van der Waals surface area contributed by atoms with E-state index in [1.165, 1.54) is 42.3 Å². The van der Waals surface area contributed by atoms with Gasteiger partial charge in [0.15, 0.2) is 5.71 Å². The van der Waals surface area contributed by atoms with Crippen LogP contribution < -0.4 is 4.90 Å². The van der Waals surface area contributed by atoms with Crippen LogP contribution in [0.25, 0.3) is 11.0 Å². The minimum atomic E-state index is -0.520. The van der Waals surface area contributed by atoms with Gasteiger partial charge in [-0.2, -0.15) is 0 Å². The Balaban J connectivity index is 1.42. The molecule has 0 unspecified atom stereocenters. The van der Waals surface area contributed by atoms with Gasteiger partial charge >= 0.3 is 5.97 Å². The van der Waals surface area contributed by atoms with Crippen LogP contribution >= 0.6 is 0 Å². The molecule has 5 rings (SSSR count). The fourth-order valence-corrected chi connectivity index (χ4v) is 4.51. The Hall–Kier alpha value is -4.64. The maximum absolute atomic E-state index is 14.2. The van der Waals surface area contributed by atoms with Gasteiger partial charge in [0, 0.05) is 18.7 Å². The highest BCUT2D eigenvalue weighted by Crippen LogP contribution is 2.32. The highest BCUT2D eigenvalue weighted by molar-refractivity contribution is 6.54. The van der Waals surface area contributed by atoms with Crippen molar-refractivity contribution in [3.8, 4) is 0 Å². The average molecular weight is 548 g/mol. The quantitative estimate of drug-likeness (QED) is 0.231. The smallest absolute Gasteiger partial charge is 0.337 e. The lowest BCUT2D eigenvalue weighted by atomic mass is 10.1. The van der Waals surface area contributed by atoms with E-state index in [-0.39, 0.29) is 24.7 Å². The maximum atomic E-state index is 14.2. The second-order valence-electron chi connectivity index (χ2n) is 9.57. The van der Waals surface area contributed by atoms with E-state index in [1.807, 2.05) is 23.6 Å². The van der Waals surface area contributed by atoms with Crippen LogP contribution in [0.3, 0.4) is 0 Å². The summed E-state index contributed by atoms with van der Waals surface area (Å²) in [6.07, 6.45) is 0. The number of amides is 1. The maximum Gasteiger partial charge on any atom is 0.337 e. The zero-order valence-corrected chi connectivity index (χ0v) is 22.2. The molecule has 11 heteroatoms. The lowest BCUT2D eigenvalue weighted by Crippen LogP contribution is -2.31. The molecule has 0 aliphatic carbocycles. The summed E-state index contributed by atoms with van der Waals surface area (Å²) in [6.45, 7) is 1.29. The van der Waals surface area contributed by atoms with Crippen molar-refractivity contribution >= 4 is 34.3 Å². The number of hydrogen-bond acceptors (Lipinski definition) is 7. The van der Waals surface area contributed by atoms with Crippen molar-refractivity contribution in [3.05, 3.63) is 94.8 Å². The molecule has 0 N–H and O–H groups in total. The molecule has 9 nitrogen and oxygen atoms in total. The highest BCUT2D eigenvalue weighted by atomic mass is 19.1. The molecule has 1 aliphatic rings.